The van der Waals surface area contributed by atoms with Crippen LogP contribution < -0.4 is 20.9 Å². The monoisotopic (exact) mass is 364 g/mol. The predicted molar refractivity (Wildman–Crippen MR) is 100 cm³/mol. The van der Waals surface area contributed by atoms with E-state index in [9.17, 15) is 4.79 Å². The number of rotatable bonds is 6. The quantitative estimate of drug-likeness (QED) is 0.521. The lowest BCUT2D eigenvalue weighted by Gasteiger charge is -2.20. The van der Waals surface area contributed by atoms with E-state index in [1.165, 1.54) is 0 Å². The van der Waals surface area contributed by atoms with E-state index in [1.54, 1.807) is 6.20 Å². The van der Waals surface area contributed by atoms with Gasteiger partial charge in [-0.3, -0.25) is 4.79 Å². The number of halogens is 1. The molecule has 2 heterocycles. The van der Waals surface area contributed by atoms with Crippen molar-refractivity contribution in [2.45, 2.75) is 38.3 Å². The molecule has 1 amide bonds. The second kappa shape index (κ2) is 8.38. The highest BCUT2D eigenvalue weighted by molar-refractivity contribution is 6.32. The van der Waals surface area contributed by atoms with Crippen LogP contribution in [-0.2, 0) is 4.79 Å². The average Bonchev–Trinajstić information content (AvgIpc) is 3.29. The van der Waals surface area contributed by atoms with Crippen molar-refractivity contribution in [2.75, 3.05) is 31.1 Å². The van der Waals surface area contributed by atoms with Crippen LogP contribution in [0.25, 0.3) is 0 Å². The summed E-state index contributed by atoms with van der Waals surface area (Å²) < 4.78 is 0. The number of pyridine rings is 1. The highest BCUT2D eigenvalue weighted by Crippen LogP contribution is 2.25. The summed E-state index contributed by atoms with van der Waals surface area (Å²) in [6.45, 7) is 4.59. The molecule has 0 bridgehead atoms. The molecule has 1 aromatic heterocycles. The highest BCUT2D eigenvalue weighted by atomic mass is 35.5. The number of anilines is 1. The van der Waals surface area contributed by atoms with Crippen LogP contribution in [0.5, 0.6) is 0 Å². The Morgan fingerprint density at radius 1 is 1.36 bits per heavy atom. The molecular formula is C17H25ClN6O. The van der Waals surface area contributed by atoms with E-state index >= 15 is 0 Å². The second-order valence-electron chi connectivity index (χ2n) is 6.42. The Morgan fingerprint density at radius 2 is 2.20 bits per heavy atom. The first kappa shape index (κ1) is 17.8. The van der Waals surface area contributed by atoms with Gasteiger partial charge in [0.1, 0.15) is 12.4 Å². The van der Waals surface area contributed by atoms with E-state index in [-0.39, 0.29) is 18.5 Å². The lowest BCUT2D eigenvalue weighted by atomic mass is 10.3. The first-order valence-electron chi connectivity index (χ1n) is 8.85. The summed E-state index contributed by atoms with van der Waals surface area (Å²) in [7, 11) is 0. The maximum absolute atomic E-state index is 11.8. The van der Waals surface area contributed by atoms with Crippen LogP contribution in [0.1, 0.15) is 26.2 Å². The molecule has 7 nitrogen and oxygen atoms in total. The van der Waals surface area contributed by atoms with Crippen molar-refractivity contribution in [2.24, 2.45) is 4.99 Å². The van der Waals surface area contributed by atoms with E-state index in [0.717, 1.165) is 44.7 Å². The molecule has 8 heteroatoms. The summed E-state index contributed by atoms with van der Waals surface area (Å²) in [6, 6.07) is 4.29. The lowest BCUT2D eigenvalue weighted by molar-refractivity contribution is -0.119. The molecule has 0 radical (unpaired) electrons. The molecule has 1 saturated heterocycles. The molecule has 1 atom stereocenters. The van der Waals surface area contributed by atoms with E-state index in [4.69, 9.17) is 11.6 Å². The fourth-order valence-electron chi connectivity index (χ4n) is 2.85. The van der Waals surface area contributed by atoms with E-state index in [0.29, 0.717) is 17.0 Å². The van der Waals surface area contributed by atoms with Gasteiger partial charge in [0.05, 0.1) is 5.02 Å². The zero-order valence-corrected chi connectivity index (χ0v) is 15.2. The Morgan fingerprint density at radius 3 is 2.92 bits per heavy atom. The maximum atomic E-state index is 11.8. The molecule has 1 unspecified atom stereocenters. The average molecular weight is 365 g/mol. The van der Waals surface area contributed by atoms with Crippen molar-refractivity contribution in [1.29, 1.82) is 0 Å². The van der Waals surface area contributed by atoms with Crippen LogP contribution in [0.2, 0.25) is 5.02 Å². The topological polar surface area (TPSA) is 81.6 Å². The number of amides is 1. The minimum Gasteiger partial charge on any atom is -0.357 e. The number of hydrogen-bond acceptors (Lipinski definition) is 4. The molecule has 136 valence electrons. The Kier molecular flexibility index (Phi) is 5.96. The van der Waals surface area contributed by atoms with Crippen molar-refractivity contribution >= 4 is 29.3 Å². The summed E-state index contributed by atoms with van der Waals surface area (Å²) in [6.07, 6.45) is 4.89. The van der Waals surface area contributed by atoms with Gasteiger partial charge in [-0.05, 0) is 38.3 Å². The summed E-state index contributed by atoms with van der Waals surface area (Å²) in [5.41, 5.74) is 0. The Bertz CT molecular complexity index is 633. The van der Waals surface area contributed by atoms with Crippen LogP contribution in [0, 0.1) is 0 Å². The summed E-state index contributed by atoms with van der Waals surface area (Å²) >= 11 is 6.23. The van der Waals surface area contributed by atoms with Crippen LogP contribution in [0.4, 0.5) is 5.82 Å². The van der Waals surface area contributed by atoms with Gasteiger partial charge >= 0.3 is 0 Å². The smallest absolute Gasteiger partial charge is 0.242 e. The van der Waals surface area contributed by atoms with Crippen LogP contribution in [0.15, 0.2) is 23.3 Å². The van der Waals surface area contributed by atoms with Gasteiger partial charge in [0.15, 0.2) is 5.96 Å². The molecule has 1 saturated carbocycles. The molecular weight excluding hydrogens is 340 g/mol. The molecule has 25 heavy (non-hydrogen) atoms. The Labute approximate surface area is 153 Å². The third-order valence-corrected chi connectivity index (χ3v) is 4.53. The first-order valence-corrected chi connectivity index (χ1v) is 9.23. The zero-order valence-electron chi connectivity index (χ0n) is 14.5. The molecule has 2 fully saturated rings. The minimum absolute atomic E-state index is 0.0204. The first-order chi connectivity index (χ1) is 12.2. The van der Waals surface area contributed by atoms with Gasteiger partial charge in [0, 0.05) is 37.9 Å². The molecule has 2 aliphatic rings. The van der Waals surface area contributed by atoms with Crippen molar-refractivity contribution in [3.63, 3.8) is 0 Å². The fraction of sp³-hybridized carbons (Fsp3) is 0.588. The normalized spacial score (nSPS) is 20.5. The number of guanidine groups is 1. The molecule has 0 aromatic carbocycles. The summed E-state index contributed by atoms with van der Waals surface area (Å²) in [5.74, 6) is 1.47. The van der Waals surface area contributed by atoms with Crippen molar-refractivity contribution < 1.29 is 4.79 Å². The Balaban J connectivity index is 1.53. The maximum Gasteiger partial charge on any atom is 0.242 e. The van der Waals surface area contributed by atoms with Gasteiger partial charge in [-0.25, -0.2) is 9.98 Å². The zero-order chi connectivity index (χ0) is 17.6. The summed E-state index contributed by atoms with van der Waals surface area (Å²) in [5, 5.41) is 10.2. The third kappa shape index (κ3) is 5.22. The van der Waals surface area contributed by atoms with Gasteiger partial charge in [0.25, 0.3) is 0 Å². The van der Waals surface area contributed by atoms with E-state index in [1.807, 2.05) is 19.1 Å². The van der Waals surface area contributed by atoms with E-state index < -0.39 is 0 Å². The van der Waals surface area contributed by atoms with Gasteiger partial charge in [0.2, 0.25) is 5.91 Å². The standard InChI is InChI=1S/C17H25ClN6O/c1-2-19-17(21-10-15(25)22-12-5-6-12)23-13-7-9-24(11-13)16-14(18)4-3-8-20-16/h3-4,8,12-13H,2,5-7,9-11H2,1H3,(H,22,25)(H2,19,21,23). The largest absolute Gasteiger partial charge is 0.357 e. The fourth-order valence-corrected chi connectivity index (χ4v) is 3.09. The Hall–Kier alpha value is -2.02. The molecule has 1 aromatic rings. The number of nitrogens with zero attached hydrogens (tertiary/aromatic N) is 3. The van der Waals surface area contributed by atoms with Gasteiger partial charge in [-0.2, -0.15) is 0 Å². The number of aromatic nitrogens is 1. The van der Waals surface area contributed by atoms with Gasteiger partial charge < -0.3 is 20.9 Å². The molecule has 0 spiro atoms. The number of nitrogens with one attached hydrogen (secondary N) is 3. The van der Waals surface area contributed by atoms with E-state index in [2.05, 4.69) is 30.8 Å². The molecule has 1 aliphatic carbocycles. The second-order valence-corrected chi connectivity index (χ2v) is 6.83. The number of aliphatic imine (C=N–C) groups is 1. The van der Waals surface area contributed by atoms with Crippen LogP contribution in [0.3, 0.4) is 0 Å². The van der Waals surface area contributed by atoms with Gasteiger partial charge in [-0.1, -0.05) is 11.6 Å². The van der Waals surface area contributed by atoms with Crippen LogP contribution >= 0.6 is 11.6 Å². The lowest BCUT2D eigenvalue weighted by Crippen LogP contribution is -2.45. The number of carbonyl (C=O) groups is 1. The van der Waals surface area contributed by atoms with Crippen molar-refractivity contribution in [3.8, 4) is 0 Å². The SMILES string of the molecule is CCNC(=NCC(=O)NC1CC1)NC1CCN(c2ncccc2Cl)C1. The minimum atomic E-state index is -0.0204. The van der Waals surface area contributed by atoms with Crippen molar-refractivity contribution in [1.82, 2.24) is 20.9 Å². The number of carbonyl (C=O) groups excluding carboxylic acids is 1. The summed E-state index contributed by atoms with van der Waals surface area (Å²) in [4.78, 5) is 22.7. The van der Waals surface area contributed by atoms with Gasteiger partial charge in [-0.15, -0.1) is 0 Å². The van der Waals surface area contributed by atoms with Crippen LogP contribution in [-0.4, -0.2) is 55.1 Å². The predicted octanol–water partition coefficient (Wildman–Crippen LogP) is 1.15. The molecule has 3 rings (SSSR count). The third-order valence-electron chi connectivity index (χ3n) is 4.24. The number of hydrogen-bond donors (Lipinski definition) is 3. The molecule has 3 N–H and O–H groups in total. The van der Waals surface area contributed by atoms with Crippen molar-refractivity contribution in [3.05, 3.63) is 23.4 Å². The highest BCUT2D eigenvalue weighted by Gasteiger charge is 2.26. The molecule has 1 aliphatic heterocycles.